The molecule has 1 unspecified atom stereocenters. The number of furan rings is 1. The zero-order chi connectivity index (χ0) is 17.9. The number of rotatable bonds is 5. The van der Waals surface area contributed by atoms with Crippen molar-refractivity contribution in [2.24, 2.45) is 0 Å². The quantitative estimate of drug-likeness (QED) is 0.709. The van der Waals surface area contributed by atoms with Crippen molar-refractivity contribution in [3.63, 3.8) is 0 Å². The standard InChI is InChI=1S/C20H21N3O3/c1-25-12-10-22-9-8-21-19(22)17-14-23(20(24)18-7-4-11-26-18)13-15-5-2-3-6-16(15)17/h2-9,11,17H,10,12-14H2,1H3. The Hall–Kier alpha value is -2.86. The van der Waals surface area contributed by atoms with Crippen molar-refractivity contribution in [1.29, 1.82) is 0 Å². The molecule has 0 saturated carbocycles. The maximum Gasteiger partial charge on any atom is 0.289 e. The van der Waals surface area contributed by atoms with Gasteiger partial charge >= 0.3 is 0 Å². The molecule has 0 saturated heterocycles. The summed E-state index contributed by atoms with van der Waals surface area (Å²) < 4.78 is 12.6. The van der Waals surface area contributed by atoms with E-state index in [-0.39, 0.29) is 11.8 Å². The Bertz CT molecular complexity index is 885. The first-order chi connectivity index (χ1) is 12.8. The fourth-order valence-corrected chi connectivity index (χ4v) is 3.55. The average Bonchev–Trinajstić information content (AvgIpc) is 3.36. The van der Waals surface area contributed by atoms with E-state index in [0.29, 0.717) is 25.5 Å². The summed E-state index contributed by atoms with van der Waals surface area (Å²) >= 11 is 0. The van der Waals surface area contributed by atoms with E-state index < -0.39 is 0 Å². The van der Waals surface area contributed by atoms with Gasteiger partial charge in [-0.1, -0.05) is 24.3 Å². The van der Waals surface area contributed by atoms with Crippen LogP contribution in [0.4, 0.5) is 0 Å². The lowest BCUT2D eigenvalue weighted by Gasteiger charge is -2.34. The van der Waals surface area contributed by atoms with Crippen LogP contribution < -0.4 is 0 Å². The van der Waals surface area contributed by atoms with Crippen LogP contribution in [0.5, 0.6) is 0 Å². The minimum Gasteiger partial charge on any atom is -0.459 e. The smallest absolute Gasteiger partial charge is 0.289 e. The third-order valence-electron chi connectivity index (χ3n) is 4.81. The van der Waals surface area contributed by atoms with Crippen molar-refractivity contribution in [3.8, 4) is 0 Å². The molecular weight excluding hydrogens is 330 g/mol. The number of methoxy groups -OCH3 is 1. The van der Waals surface area contributed by atoms with Crippen LogP contribution >= 0.6 is 0 Å². The van der Waals surface area contributed by atoms with Crippen molar-refractivity contribution in [2.75, 3.05) is 20.3 Å². The number of hydrogen-bond acceptors (Lipinski definition) is 4. The van der Waals surface area contributed by atoms with Crippen LogP contribution in [-0.4, -0.2) is 40.6 Å². The Labute approximate surface area is 152 Å². The van der Waals surface area contributed by atoms with Gasteiger partial charge in [-0.2, -0.15) is 0 Å². The molecule has 4 rings (SSSR count). The molecule has 3 aromatic rings. The number of carbonyl (C=O) groups excluding carboxylic acids is 1. The molecule has 2 aromatic heterocycles. The number of fused-ring (bicyclic) bond motifs is 1. The molecule has 3 heterocycles. The van der Waals surface area contributed by atoms with Crippen molar-refractivity contribution in [3.05, 3.63) is 77.8 Å². The largest absolute Gasteiger partial charge is 0.459 e. The van der Waals surface area contributed by atoms with E-state index in [2.05, 4.69) is 21.7 Å². The Morgan fingerprint density at radius 1 is 1.31 bits per heavy atom. The van der Waals surface area contributed by atoms with Gasteiger partial charge in [0.25, 0.3) is 5.91 Å². The maximum absolute atomic E-state index is 12.8. The minimum atomic E-state index is -0.0931. The van der Waals surface area contributed by atoms with E-state index in [4.69, 9.17) is 9.15 Å². The first-order valence-corrected chi connectivity index (χ1v) is 8.68. The lowest BCUT2D eigenvalue weighted by molar-refractivity contribution is 0.0690. The Morgan fingerprint density at radius 2 is 2.19 bits per heavy atom. The highest BCUT2D eigenvalue weighted by Crippen LogP contribution is 2.33. The Balaban J connectivity index is 1.69. The van der Waals surface area contributed by atoms with Gasteiger partial charge in [0.05, 0.1) is 18.8 Å². The topological polar surface area (TPSA) is 60.5 Å². The zero-order valence-electron chi connectivity index (χ0n) is 14.7. The fraction of sp³-hybridized carbons (Fsp3) is 0.300. The molecule has 26 heavy (non-hydrogen) atoms. The molecule has 0 aliphatic carbocycles. The lowest BCUT2D eigenvalue weighted by atomic mass is 9.89. The van der Waals surface area contributed by atoms with Crippen LogP contribution in [0.2, 0.25) is 0 Å². The summed E-state index contributed by atoms with van der Waals surface area (Å²) in [5, 5.41) is 0. The van der Waals surface area contributed by atoms with E-state index in [1.807, 2.05) is 23.2 Å². The van der Waals surface area contributed by atoms with E-state index >= 15 is 0 Å². The molecule has 0 N–H and O–H groups in total. The van der Waals surface area contributed by atoms with Gasteiger partial charge in [-0.05, 0) is 23.3 Å². The molecular formula is C20H21N3O3. The molecule has 0 spiro atoms. The highest BCUT2D eigenvalue weighted by atomic mass is 16.5. The molecule has 6 heteroatoms. The van der Waals surface area contributed by atoms with Crippen LogP contribution in [0.1, 0.15) is 33.4 Å². The Morgan fingerprint density at radius 3 is 3.00 bits per heavy atom. The first kappa shape index (κ1) is 16.6. The number of hydrogen-bond donors (Lipinski definition) is 0. The monoisotopic (exact) mass is 351 g/mol. The van der Waals surface area contributed by atoms with E-state index in [9.17, 15) is 4.79 Å². The summed E-state index contributed by atoms with van der Waals surface area (Å²) in [4.78, 5) is 19.3. The number of ether oxygens (including phenoxy) is 1. The van der Waals surface area contributed by atoms with E-state index in [0.717, 1.165) is 17.9 Å². The molecule has 1 aromatic carbocycles. The lowest BCUT2D eigenvalue weighted by Crippen LogP contribution is -2.39. The molecule has 1 atom stereocenters. The number of imidazole rings is 1. The third-order valence-corrected chi connectivity index (χ3v) is 4.81. The molecule has 134 valence electrons. The van der Waals surface area contributed by atoms with Crippen LogP contribution in [0.3, 0.4) is 0 Å². The highest BCUT2D eigenvalue weighted by molar-refractivity contribution is 5.91. The van der Waals surface area contributed by atoms with Gasteiger partial charge in [0, 0.05) is 39.1 Å². The first-order valence-electron chi connectivity index (χ1n) is 8.68. The Kier molecular flexibility index (Phi) is 4.58. The van der Waals surface area contributed by atoms with Gasteiger partial charge < -0.3 is 18.6 Å². The highest BCUT2D eigenvalue weighted by Gasteiger charge is 2.32. The van der Waals surface area contributed by atoms with Gasteiger partial charge in [-0.15, -0.1) is 0 Å². The summed E-state index contributed by atoms with van der Waals surface area (Å²) in [5.41, 5.74) is 2.37. The van der Waals surface area contributed by atoms with Gasteiger partial charge in [0.1, 0.15) is 5.82 Å². The fourth-order valence-electron chi connectivity index (χ4n) is 3.55. The second-order valence-corrected chi connectivity index (χ2v) is 6.39. The number of benzene rings is 1. The average molecular weight is 351 g/mol. The van der Waals surface area contributed by atoms with Crippen LogP contribution in [-0.2, 0) is 17.8 Å². The SMILES string of the molecule is COCCn1ccnc1C1CN(C(=O)c2ccco2)Cc2ccccc21. The maximum atomic E-state index is 12.8. The second-order valence-electron chi connectivity index (χ2n) is 6.39. The van der Waals surface area contributed by atoms with Gasteiger partial charge in [-0.3, -0.25) is 4.79 Å². The second kappa shape index (κ2) is 7.17. The van der Waals surface area contributed by atoms with Gasteiger partial charge in [0.2, 0.25) is 0 Å². The summed E-state index contributed by atoms with van der Waals surface area (Å²) in [6, 6.07) is 11.7. The van der Waals surface area contributed by atoms with Crippen molar-refractivity contribution in [1.82, 2.24) is 14.5 Å². The summed E-state index contributed by atoms with van der Waals surface area (Å²) in [7, 11) is 1.69. The number of nitrogens with zero attached hydrogens (tertiary/aromatic N) is 3. The molecule has 1 aliphatic heterocycles. The van der Waals surface area contributed by atoms with Crippen LogP contribution in [0.25, 0.3) is 0 Å². The summed E-state index contributed by atoms with van der Waals surface area (Å²) in [6.07, 6.45) is 5.30. The molecule has 1 amide bonds. The predicted molar refractivity (Wildman–Crippen MR) is 95.8 cm³/mol. The zero-order valence-corrected chi connectivity index (χ0v) is 14.7. The molecule has 0 radical (unpaired) electrons. The minimum absolute atomic E-state index is 0.0192. The normalized spacial score (nSPS) is 16.5. The third kappa shape index (κ3) is 3.04. The summed E-state index contributed by atoms with van der Waals surface area (Å²) in [6.45, 7) is 2.49. The van der Waals surface area contributed by atoms with E-state index in [1.165, 1.54) is 11.8 Å². The van der Waals surface area contributed by atoms with Crippen LogP contribution in [0.15, 0.2) is 59.5 Å². The summed E-state index contributed by atoms with van der Waals surface area (Å²) in [5.74, 6) is 1.24. The van der Waals surface area contributed by atoms with Crippen molar-refractivity contribution < 1.29 is 13.9 Å². The van der Waals surface area contributed by atoms with Gasteiger partial charge in [-0.25, -0.2) is 4.98 Å². The van der Waals surface area contributed by atoms with Crippen molar-refractivity contribution in [2.45, 2.75) is 19.0 Å². The van der Waals surface area contributed by atoms with E-state index in [1.54, 1.807) is 25.4 Å². The number of aromatic nitrogens is 2. The van der Waals surface area contributed by atoms with Gasteiger partial charge in [0.15, 0.2) is 5.76 Å². The molecule has 1 aliphatic rings. The predicted octanol–water partition coefficient (Wildman–Crippen LogP) is 2.91. The van der Waals surface area contributed by atoms with Crippen molar-refractivity contribution >= 4 is 5.91 Å². The molecule has 0 bridgehead atoms. The molecule has 0 fully saturated rings. The molecule has 6 nitrogen and oxygen atoms in total. The number of carbonyl (C=O) groups is 1. The van der Waals surface area contributed by atoms with Crippen LogP contribution in [0, 0.1) is 0 Å². The number of amides is 1.